The van der Waals surface area contributed by atoms with Gasteiger partial charge in [-0.15, -0.1) is 0 Å². The van der Waals surface area contributed by atoms with E-state index in [1.165, 1.54) is 0 Å². The van der Waals surface area contributed by atoms with Gasteiger partial charge in [-0.25, -0.2) is 0 Å². The molecule has 76 valence electrons. The summed E-state index contributed by atoms with van der Waals surface area (Å²) in [5.74, 6) is 0.103. The van der Waals surface area contributed by atoms with Gasteiger partial charge in [-0.2, -0.15) is 0 Å². The molecule has 2 N–H and O–H groups in total. The Labute approximate surface area is 79.5 Å². The number of carbonyl (C=O) groups is 1. The largest absolute Gasteiger partial charge is 0.392 e. The maximum atomic E-state index is 11.6. The van der Waals surface area contributed by atoms with E-state index in [1.807, 2.05) is 6.92 Å². The molecule has 1 atom stereocenters. The highest BCUT2D eigenvalue weighted by molar-refractivity contribution is 5.82. The summed E-state index contributed by atoms with van der Waals surface area (Å²) >= 11 is 0. The van der Waals surface area contributed by atoms with Gasteiger partial charge in [0.05, 0.1) is 6.10 Å². The second kappa shape index (κ2) is 4.09. The van der Waals surface area contributed by atoms with Crippen LogP contribution in [-0.2, 0) is 4.79 Å². The number of hydrogen-bond acceptors (Lipinski definition) is 2. The molecule has 13 heavy (non-hydrogen) atoms. The summed E-state index contributed by atoms with van der Waals surface area (Å²) in [7, 11) is 0. The molecule has 1 aliphatic carbocycles. The van der Waals surface area contributed by atoms with E-state index in [9.17, 15) is 4.79 Å². The van der Waals surface area contributed by atoms with Gasteiger partial charge in [0, 0.05) is 12.0 Å². The number of aliphatic hydroxyl groups is 1. The van der Waals surface area contributed by atoms with Crippen LogP contribution in [0.15, 0.2) is 0 Å². The highest BCUT2D eigenvalue weighted by Crippen LogP contribution is 2.37. The lowest BCUT2D eigenvalue weighted by molar-refractivity contribution is -0.130. The van der Waals surface area contributed by atoms with Crippen LogP contribution in [0, 0.1) is 5.41 Å². The number of hydrogen-bond donors (Lipinski definition) is 2. The summed E-state index contributed by atoms with van der Waals surface area (Å²) in [4.78, 5) is 11.6. The van der Waals surface area contributed by atoms with E-state index >= 15 is 0 Å². The molecule has 0 aliphatic heterocycles. The van der Waals surface area contributed by atoms with Gasteiger partial charge in [-0.3, -0.25) is 4.79 Å². The van der Waals surface area contributed by atoms with E-state index in [2.05, 4.69) is 5.32 Å². The summed E-state index contributed by atoms with van der Waals surface area (Å²) in [6.45, 7) is 4.06. The maximum Gasteiger partial charge on any atom is 0.226 e. The SMILES string of the molecule is CC(O)CNC(=O)C1(C)CCCC1. The van der Waals surface area contributed by atoms with Crippen molar-refractivity contribution in [1.29, 1.82) is 0 Å². The first-order chi connectivity index (χ1) is 6.04. The number of nitrogens with one attached hydrogen (secondary N) is 1. The molecule has 0 bridgehead atoms. The zero-order valence-electron chi connectivity index (χ0n) is 8.47. The lowest BCUT2D eigenvalue weighted by Crippen LogP contribution is -2.40. The first-order valence-corrected chi connectivity index (χ1v) is 5.01. The molecule has 0 aromatic carbocycles. The second-order valence-corrected chi connectivity index (χ2v) is 4.33. The average molecular weight is 185 g/mol. The molecule has 1 aliphatic rings. The van der Waals surface area contributed by atoms with Crippen molar-refractivity contribution < 1.29 is 9.90 Å². The molecule has 0 aromatic heterocycles. The summed E-state index contributed by atoms with van der Waals surface area (Å²) < 4.78 is 0. The summed E-state index contributed by atoms with van der Waals surface area (Å²) in [6.07, 6.45) is 3.82. The molecule has 1 fully saturated rings. The van der Waals surface area contributed by atoms with Crippen LogP contribution in [0.3, 0.4) is 0 Å². The van der Waals surface area contributed by atoms with E-state index in [-0.39, 0.29) is 11.3 Å². The highest BCUT2D eigenvalue weighted by Gasteiger charge is 2.35. The molecule has 1 amide bonds. The third-order valence-electron chi connectivity index (χ3n) is 2.81. The first kappa shape index (κ1) is 10.5. The van der Waals surface area contributed by atoms with Gasteiger partial charge in [0.1, 0.15) is 0 Å². The van der Waals surface area contributed by atoms with E-state index in [4.69, 9.17) is 5.11 Å². The minimum atomic E-state index is -0.450. The van der Waals surface area contributed by atoms with Crippen LogP contribution in [0.4, 0.5) is 0 Å². The van der Waals surface area contributed by atoms with E-state index < -0.39 is 6.10 Å². The van der Waals surface area contributed by atoms with Gasteiger partial charge in [-0.05, 0) is 19.8 Å². The summed E-state index contributed by atoms with van der Waals surface area (Å²) in [5.41, 5.74) is -0.172. The molecule has 0 heterocycles. The number of rotatable bonds is 3. The normalized spacial score (nSPS) is 22.7. The van der Waals surface area contributed by atoms with Crippen LogP contribution in [0.5, 0.6) is 0 Å². The Balaban J connectivity index is 2.38. The highest BCUT2D eigenvalue weighted by atomic mass is 16.3. The molecule has 1 unspecified atom stereocenters. The smallest absolute Gasteiger partial charge is 0.226 e. The van der Waals surface area contributed by atoms with Crippen LogP contribution in [0.1, 0.15) is 39.5 Å². The van der Waals surface area contributed by atoms with E-state index in [0.29, 0.717) is 6.54 Å². The fourth-order valence-corrected chi connectivity index (χ4v) is 1.84. The van der Waals surface area contributed by atoms with Crippen molar-refractivity contribution in [3.63, 3.8) is 0 Å². The zero-order valence-corrected chi connectivity index (χ0v) is 8.47. The van der Waals surface area contributed by atoms with Crippen LogP contribution in [-0.4, -0.2) is 23.7 Å². The maximum absolute atomic E-state index is 11.6. The van der Waals surface area contributed by atoms with Gasteiger partial charge in [0.25, 0.3) is 0 Å². The van der Waals surface area contributed by atoms with Gasteiger partial charge >= 0.3 is 0 Å². The van der Waals surface area contributed by atoms with Crippen molar-refractivity contribution in [1.82, 2.24) is 5.32 Å². The quantitative estimate of drug-likeness (QED) is 0.691. The molecule has 3 nitrogen and oxygen atoms in total. The van der Waals surface area contributed by atoms with Crippen molar-refractivity contribution in [2.75, 3.05) is 6.54 Å². The molecular formula is C10H19NO2. The Morgan fingerprint density at radius 3 is 2.54 bits per heavy atom. The van der Waals surface area contributed by atoms with Crippen molar-refractivity contribution >= 4 is 5.91 Å². The third kappa shape index (κ3) is 2.69. The molecule has 0 radical (unpaired) electrons. The topological polar surface area (TPSA) is 49.3 Å². The lowest BCUT2D eigenvalue weighted by atomic mass is 9.88. The van der Waals surface area contributed by atoms with Gasteiger partial charge in [-0.1, -0.05) is 19.8 Å². The Hall–Kier alpha value is -0.570. The lowest BCUT2D eigenvalue weighted by Gasteiger charge is -2.22. The fourth-order valence-electron chi connectivity index (χ4n) is 1.84. The van der Waals surface area contributed by atoms with Crippen molar-refractivity contribution in [2.45, 2.75) is 45.6 Å². The van der Waals surface area contributed by atoms with Gasteiger partial charge in [0.2, 0.25) is 5.91 Å². The molecule has 0 spiro atoms. The van der Waals surface area contributed by atoms with E-state index in [0.717, 1.165) is 25.7 Å². The Morgan fingerprint density at radius 1 is 1.54 bits per heavy atom. The van der Waals surface area contributed by atoms with Gasteiger partial charge < -0.3 is 10.4 Å². The molecule has 0 aromatic rings. The van der Waals surface area contributed by atoms with E-state index in [1.54, 1.807) is 6.92 Å². The molecule has 1 saturated carbocycles. The molecular weight excluding hydrogens is 166 g/mol. The molecule has 0 saturated heterocycles. The molecule has 1 rings (SSSR count). The average Bonchev–Trinajstić information content (AvgIpc) is 2.49. The number of aliphatic hydroxyl groups excluding tert-OH is 1. The Bertz CT molecular complexity index is 183. The standard InChI is InChI=1S/C10H19NO2/c1-8(12)7-11-9(13)10(2)5-3-4-6-10/h8,12H,3-7H2,1-2H3,(H,11,13). The Morgan fingerprint density at radius 2 is 2.08 bits per heavy atom. The summed E-state index contributed by atoms with van der Waals surface area (Å²) in [6, 6.07) is 0. The van der Waals surface area contributed by atoms with Crippen LogP contribution in [0.25, 0.3) is 0 Å². The van der Waals surface area contributed by atoms with Crippen molar-refractivity contribution in [2.24, 2.45) is 5.41 Å². The van der Waals surface area contributed by atoms with Crippen LogP contribution < -0.4 is 5.32 Å². The number of carbonyl (C=O) groups excluding carboxylic acids is 1. The van der Waals surface area contributed by atoms with Crippen molar-refractivity contribution in [3.05, 3.63) is 0 Å². The zero-order chi connectivity index (χ0) is 9.90. The van der Waals surface area contributed by atoms with Crippen molar-refractivity contribution in [3.8, 4) is 0 Å². The van der Waals surface area contributed by atoms with Crippen LogP contribution in [0.2, 0.25) is 0 Å². The number of amides is 1. The second-order valence-electron chi connectivity index (χ2n) is 4.33. The van der Waals surface area contributed by atoms with Crippen LogP contribution >= 0.6 is 0 Å². The predicted octanol–water partition coefficient (Wildman–Crippen LogP) is 1.06. The molecule has 3 heteroatoms. The first-order valence-electron chi connectivity index (χ1n) is 5.01. The third-order valence-corrected chi connectivity index (χ3v) is 2.81. The monoisotopic (exact) mass is 185 g/mol. The minimum Gasteiger partial charge on any atom is -0.392 e. The minimum absolute atomic E-state index is 0.103. The predicted molar refractivity (Wildman–Crippen MR) is 51.3 cm³/mol. The van der Waals surface area contributed by atoms with Gasteiger partial charge in [0.15, 0.2) is 0 Å². The fraction of sp³-hybridized carbons (Fsp3) is 0.900. The Kier molecular flexibility index (Phi) is 3.31. The summed E-state index contributed by atoms with van der Waals surface area (Å²) in [5, 5.41) is 11.8.